The Balaban J connectivity index is 0.799. The lowest BCUT2D eigenvalue weighted by Crippen LogP contribution is -2.37. The van der Waals surface area contributed by atoms with E-state index < -0.39 is 6.10 Å². The zero-order chi connectivity index (χ0) is 40.5. The number of nitrogen functional groups attached to an aromatic ring is 1. The van der Waals surface area contributed by atoms with Crippen LogP contribution in [0.5, 0.6) is 5.75 Å². The molecule has 7 heterocycles. The zero-order valence-electron chi connectivity index (χ0n) is 34.2. The van der Waals surface area contributed by atoms with Gasteiger partial charge in [0.2, 0.25) is 11.9 Å². The van der Waals surface area contributed by atoms with Crippen LogP contribution in [-0.2, 0) is 11.2 Å². The lowest BCUT2D eigenvalue weighted by atomic mass is 9.90. The summed E-state index contributed by atoms with van der Waals surface area (Å²) in [5, 5.41) is 24.7. The highest BCUT2D eigenvalue weighted by Gasteiger charge is 2.36. The molecule has 0 saturated carbocycles. The van der Waals surface area contributed by atoms with E-state index in [-0.39, 0.29) is 29.5 Å². The number of amides is 1. The Kier molecular flexibility index (Phi) is 11.7. The SMILES string of the molecule is CC(C)C(C(=O)N1CCC(O)C1)c1cc(N2CCC(CCN3CCC(c4cnc(N5CCc6[nH]c(N)c(/C=C(\N)c7ccccc7O)c6C5C)nc4)CC3)CC2)no1. The van der Waals surface area contributed by atoms with Crippen LogP contribution in [0.1, 0.15) is 111 Å². The molecule has 310 valence electrons. The summed E-state index contributed by atoms with van der Waals surface area (Å²) in [5.41, 5.74) is 18.2. The van der Waals surface area contributed by atoms with E-state index in [9.17, 15) is 15.0 Å². The van der Waals surface area contributed by atoms with Gasteiger partial charge in [-0.1, -0.05) is 31.1 Å². The number of phenolic OH excluding ortho intramolecular Hbond substituents is 1. The summed E-state index contributed by atoms with van der Waals surface area (Å²) in [5.74, 6) is 3.71. The van der Waals surface area contributed by atoms with E-state index >= 15 is 0 Å². The van der Waals surface area contributed by atoms with Gasteiger partial charge in [-0.3, -0.25) is 4.79 Å². The molecule has 0 radical (unpaired) electrons. The molecule has 3 aromatic heterocycles. The van der Waals surface area contributed by atoms with E-state index in [0.29, 0.717) is 60.1 Å². The number of rotatable bonds is 11. The van der Waals surface area contributed by atoms with E-state index in [1.165, 1.54) is 12.0 Å². The fourth-order valence-electron chi connectivity index (χ4n) is 9.69. The van der Waals surface area contributed by atoms with Gasteiger partial charge < -0.3 is 50.8 Å². The first-order valence-corrected chi connectivity index (χ1v) is 21.3. The number of phenols is 1. The number of carbonyl (C=O) groups is 1. The minimum absolute atomic E-state index is 0.0200. The van der Waals surface area contributed by atoms with Crippen molar-refractivity contribution in [1.29, 1.82) is 0 Å². The highest BCUT2D eigenvalue weighted by Crippen LogP contribution is 2.39. The Hall–Kier alpha value is -5.08. The molecule has 0 spiro atoms. The Morgan fingerprint density at radius 1 is 1.03 bits per heavy atom. The van der Waals surface area contributed by atoms with Gasteiger partial charge in [0.1, 0.15) is 17.5 Å². The smallest absolute Gasteiger partial charge is 0.233 e. The third-order valence-electron chi connectivity index (χ3n) is 13.2. The molecule has 3 atom stereocenters. The molecule has 7 N–H and O–H groups in total. The molecule has 4 aliphatic heterocycles. The molecule has 1 amide bonds. The topological polar surface area (TPSA) is 190 Å². The van der Waals surface area contributed by atoms with E-state index in [1.54, 1.807) is 23.1 Å². The second kappa shape index (κ2) is 17.0. The normalized spacial score (nSPS) is 21.9. The van der Waals surface area contributed by atoms with Crippen molar-refractivity contribution in [2.45, 2.75) is 89.7 Å². The first kappa shape index (κ1) is 39.7. The van der Waals surface area contributed by atoms with Crippen molar-refractivity contribution in [3.8, 4) is 5.75 Å². The number of para-hydroxylation sites is 1. The van der Waals surface area contributed by atoms with Crippen LogP contribution in [0.4, 0.5) is 17.6 Å². The van der Waals surface area contributed by atoms with Gasteiger partial charge in [-0.15, -0.1) is 0 Å². The Labute approximate surface area is 341 Å². The number of benzene rings is 1. The highest BCUT2D eigenvalue weighted by molar-refractivity contribution is 5.86. The number of nitrogens with two attached hydrogens (primary N) is 2. The second-order valence-electron chi connectivity index (χ2n) is 17.3. The fourth-order valence-corrected chi connectivity index (χ4v) is 9.69. The standard InChI is InChI=1S/C44H60N10O4/c1-27(2)40(43(57)53-20-13-32(55)26-53)38-23-39(50-58-38)52-18-9-29(10-19-52)8-15-51-16-11-30(12-17-51)31-24-47-44(48-25-31)54-21-14-36-41(28(54)3)34(42(46)49-36)22-35(45)33-6-4-5-7-37(33)56/h4-7,22-25,27-30,32,40,49,55-56H,8-21,26,45-46H2,1-3H3/b35-22-. The number of aromatic nitrogens is 4. The van der Waals surface area contributed by atoms with Crippen LogP contribution in [0.25, 0.3) is 11.8 Å². The van der Waals surface area contributed by atoms with Gasteiger partial charge in [0.05, 0.1) is 12.1 Å². The lowest BCUT2D eigenvalue weighted by molar-refractivity contribution is -0.133. The molecule has 3 saturated heterocycles. The summed E-state index contributed by atoms with van der Waals surface area (Å²) in [7, 11) is 0. The van der Waals surface area contributed by atoms with Crippen LogP contribution in [-0.4, -0.2) is 104 Å². The van der Waals surface area contributed by atoms with Gasteiger partial charge in [-0.2, -0.15) is 0 Å². The van der Waals surface area contributed by atoms with Crippen molar-refractivity contribution in [3.05, 3.63) is 76.4 Å². The molecule has 0 bridgehead atoms. The maximum Gasteiger partial charge on any atom is 0.233 e. The highest BCUT2D eigenvalue weighted by atomic mass is 16.5. The lowest BCUT2D eigenvalue weighted by Gasteiger charge is -2.36. The molecule has 0 aliphatic carbocycles. The molecule has 8 rings (SSSR count). The number of hydrogen-bond acceptors (Lipinski definition) is 12. The molecule has 3 fully saturated rings. The van der Waals surface area contributed by atoms with Crippen molar-refractivity contribution in [3.63, 3.8) is 0 Å². The number of aromatic amines is 1. The number of aliphatic hydroxyl groups excluding tert-OH is 1. The summed E-state index contributed by atoms with van der Waals surface area (Å²) >= 11 is 0. The minimum atomic E-state index is -0.439. The Morgan fingerprint density at radius 2 is 1.78 bits per heavy atom. The van der Waals surface area contributed by atoms with Crippen molar-refractivity contribution in [2.24, 2.45) is 17.6 Å². The Bertz CT molecular complexity index is 2060. The molecule has 14 nitrogen and oxygen atoms in total. The minimum Gasteiger partial charge on any atom is -0.507 e. The van der Waals surface area contributed by atoms with Crippen molar-refractivity contribution < 1.29 is 19.5 Å². The second-order valence-corrected chi connectivity index (χ2v) is 17.3. The average molecular weight is 793 g/mol. The molecule has 14 heteroatoms. The van der Waals surface area contributed by atoms with Gasteiger partial charge in [0, 0.05) is 85.7 Å². The predicted molar refractivity (Wildman–Crippen MR) is 226 cm³/mol. The third-order valence-corrected chi connectivity index (χ3v) is 13.2. The molecular formula is C44H60N10O4. The zero-order valence-corrected chi connectivity index (χ0v) is 34.2. The van der Waals surface area contributed by atoms with Crippen LogP contribution in [0.15, 0.2) is 47.2 Å². The number of aliphatic hydroxyl groups is 1. The summed E-state index contributed by atoms with van der Waals surface area (Å²) in [6.45, 7) is 13.2. The molecule has 3 unspecified atom stereocenters. The molecule has 1 aromatic carbocycles. The predicted octanol–water partition coefficient (Wildman–Crippen LogP) is 5.48. The van der Waals surface area contributed by atoms with Crippen molar-refractivity contribution in [1.82, 2.24) is 29.9 Å². The maximum atomic E-state index is 13.3. The van der Waals surface area contributed by atoms with Crippen LogP contribution in [0.3, 0.4) is 0 Å². The van der Waals surface area contributed by atoms with E-state index in [2.05, 4.69) is 31.8 Å². The first-order valence-electron chi connectivity index (χ1n) is 21.3. The average Bonchev–Trinajstić information content (AvgIpc) is 3.97. The van der Waals surface area contributed by atoms with Gasteiger partial charge in [-0.05, 0) is 107 Å². The number of likely N-dealkylation sites (tertiary alicyclic amines) is 2. The largest absolute Gasteiger partial charge is 0.507 e. The molecular weight excluding hydrogens is 733 g/mol. The summed E-state index contributed by atoms with van der Waals surface area (Å²) < 4.78 is 5.79. The monoisotopic (exact) mass is 792 g/mol. The number of H-pyrrole nitrogens is 1. The van der Waals surface area contributed by atoms with Crippen molar-refractivity contribution >= 4 is 35.3 Å². The Morgan fingerprint density at radius 3 is 2.47 bits per heavy atom. The van der Waals surface area contributed by atoms with Crippen LogP contribution >= 0.6 is 0 Å². The van der Waals surface area contributed by atoms with Gasteiger partial charge in [0.15, 0.2) is 11.6 Å². The number of carbonyl (C=O) groups excluding carboxylic acids is 1. The van der Waals surface area contributed by atoms with Crippen molar-refractivity contribution in [2.75, 3.05) is 67.9 Å². The first-order chi connectivity index (χ1) is 28.0. The van der Waals surface area contributed by atoms with Crippen LogP contribution in [0, 0.1) is 11.8 Å². The summed E-state index contributed by atoms with van der Waals surface area (Å²) in [6.07, 6.45) is 12.5. The van der Waals surface area contributed by atoms with E-state index in [1.807, 2.05) is 44.4 Å². The fraction of sp³-hybridized carbons (Fsp3) is 0.545. The summed E-state index contributed by atoms with van der Waals surface area (Å²) in [6, 6.07) is 9.00. The number of piperidine rings is 2. The van der Waals surface area contributed by atoms with E-state index in [0.717, 1.165) is 94.0 Å². The molecule has 58 heavy (non-hydrogen) atoms. The van der Waals surface area contributed by atoms with Gasteiger partial charge >= 0.3 is 0 Å². The number of anilines is 3. The van der Waals surface area contributed by atoms with Gasteiger partial charge in [-0.25, -0.2) is 9.97 Å². The van der Waals surface area contributed by atoms with Crippen LogP contribution in [0.2, 0.25) is 0 Å². The number of β-amino-alcohol motifs (C(OH)–C–C–N with tert-alkyl or cyclic N) is 1. The number of fused-ring (bicyclic) bond motifs is 1. The number of nitrogens with one attached hydrogen (secondary N) is 1. The van der Waals surface area contributed by atoms with E-state index in [4.69, 9.17) is 26.0 Å². The quantitative estimate of drug-likeness (QED) is 0.129. The molecule has 4 aromatic rings. The number of aromatic hydroxyl groups is 1. The number of nitrogens with zero attached hydrogens (tertiary/aromatic N) is 7. The van der Waals surface area contributed by atoms with Gasteiger partial charge in [0.25, 0.3) is 0 Å². The number of hydrogen-bond donors (Lipinski definition) is 5. The summed E-state index contributed by atoms with van der Waals surface area (Å²) in [4.78, 5) is 35.4. The maximum absolute atomic E-state index is 13.3. The molecule has 4 aliphatic rings. The van der Waals surface area contributed by atoms with Crippen LogP contribution < -0.4 is 21.3 Å². The third kappa shape index (κ3) is 8.26.